The van der Waals surface area contributed by atoms with Gasteiger partial charge in [-0.3, -0.25) is 19.2 Å². The minimum Gasteiger partial charge on any atom is -0.481 e. The Morgan fingerprint density at radius 1 is 1.00 bits per heavy atom. The Bertz CT molecular complexity index is 398. The van der Waals surface area contributed by atoms with E-state index in [-0.39, 0.29) is 12.8 Å². The highest BCUT2D eigenvalue weighted by molar-refractivity contribution is 5.91. The molecule has 20 heavy (non-hydrogen) atoms. The molecule has 0 unspecified atom stereocenters. The fourth-order valence-corrected chi connectivity index (χ4v) is 1.20. The second kappa shape index (κ2) is 8.10. The molecule has 0 radical (unpaired) electrons. The van der Waals surface area contributed by atoms with Crippen LogP contribution in [0.2, 0.25) is 0 Å². The zero-order valence-corrected chi connectivity index (χ0v) is 11.3. The molecule has 114 valence electrons. The zero-order chi connectivity index (χ0) is 15.9. The van der Waals surface area contributed by atoms with Gasteiger partial charge in [0.2, 0.25) is 11.8 Å². The molecule has 0 aromatic carbocycles. The van der Waals surface area contributed by atoms with Gasteiger partial charge in [-0.2, -0.15) is 0 Å². The Labute approximate surface area is 115 Å². The molecule has 2 amide bonds. The standard InChI is InChI=1S/C11H19N3O6/c1-5(9(17)14-6(2)11(19)20)13-10(18)7(12)3-4-8(15)16/h5-7H,3-4,12H2,1-2H3,(H,13,18)(H,14,17)(H,15,16)(H,19,20)/t5-,6+,7-/m1/s1. The zero-order valence-electron chi connectivity index (χ0n) is 11.3. The summed E-state index contributed by atoms with van der Waals surface area (Å²) < 4.78 is 0. The van der Waals surface area contributed by atoms with E-state index >= 15 is 0 Å². The van der Waals surface area contributed by atoms with Gasteiger partial charge in [0.15, 0.2) is 0 Å². The van der Waals surface area contributed by atoms with Crippen molar-refractivity contribution in [2.75, 3.05) is 0 Å². The second-order valence-electron chi connectivity index (χ2n) is 4.34. The molecule has 0 bridgehead atoms. The van der Waals surface area contributed by atoms with Crippen molar-refractivity contribution in [2.24, 2.45) is 5.73 Å². The highest BCUT2D eigenvalue weighted by atomic mass is 16.4. The van der Waals surface area contributed by atoms with E-state index in [1.807, 2.05) is 0 Å². The van der Waals surface area contributed by atoms with E-state index in [2.05, 4.69) is 10.6 Å². The van der Waals surface area contributed by atoms with Crippen LogP contribution in [0.4, 0.5) is 0 Å². The number of carboxylic acids is 2. The van der Waals surface area contributed by atoms with E-state index in [1.54, 1.807) is 0 Å². The molecule has 0 aromatic rings. The number of rotatable bonds is 8. The van der Waals surface area contributed by atoms with Crippen molar-refractivity contribution in [3.8, 4) is 0 Å². The number of aliphatic carboxylic acids is 2. The Morgan fingerprint density at radius 3 is 1.95 bits per heavy atom. The lowest BCUT2D eigenvalue weighted by atomic mass is 10.1. The van der Waals surface area contributed by atoms with Crippen LogP contribution in [-0.4, -0.2) is 52.1 Å². The molecule has 9 nitrogen and oxygen atoms in total. The summed E-state index contributed by atoms with van der Waals surface area (Å²) in [5, 5.41) is 21.6. The van der Waals surface area contributed by atoms with Crippen LogP contribution >= 0.6 is 0 Å². The maximum atomic E-state index is 11.6. The normalized spacial score (nSPS) is 14.8. The molecular formula is C11H19N3O6. The number of nitrogens with two attached hydrogens (primary N) is 1. The molecule has 0 rings (SSSR count). The van der Waals surface area contributed by atoms with Gasteiger partial charge in [0.05, 0.1) is 6.04 Å². The number of hydrogen-bond acceptors (Lipinski definition) is 5. The smallest absolute Gasteiger partial charge is 0.325 e. The predicted molar refractivity (Wildman–Crippen MR) is 67.7 cm³/mol. The van der Waals surface area contributed by atoms with Gasteiger partial charge in [0, 0.05) is 6.42 Å². The van der Waals surface area contributed by atoms with E-state index in [0.717, 1.165) is 0 Å². The summed E-state index contributed by atoms with van der Waals surface area (Å²) in [5.41, 5.74) is 5.46. The third-order valence-corrected chi connectivity index (χ3v) is 2.49. The summed E-state index contributed by atoms with van der Waals surface area (Å²) >= 11 is 0. The quantitative estimate of drug-likeness (QED) is 0.355. The first-order chi connectivity index (χ1) is 9.15. The largest absolute Gasteiger partial charge is 0.481 e. The molecule has 0 spiro atoms. The van der Waals surface area contributed by atoms with Crippen LogP contribution in [0.25, 0.3) is 0 Å². The minimum atomic E-state index is -1.20. The molecular weight excluding hydrogens is 270 g/mol. The van der Waals surface area contributed by atoms with Crippen LogP contribution < -0.4 is 16.4 Å². The Morgan fingerprint density at radius 2 is 1.50 bits per heavy atom. The first kappa shape index (κ1) is 17.8. The average molecular weight is 289 g/mol. The van der Waals surface area contributed by atoms with Crippen molar-refractivity contribution < 1.29 is 29.4 Å². The Balaban J connectivity index is 4.27. The van der Waals surface area contributed by atoms with E-state index in [0.29, 0.717) is 0 Å². The SMILES string of the molecule is C[C@H](NC(=O)[C@@H](C)NC(=O)[C@H](N)CCC(=O)O)C(=O)O. The molecule has 0 aliphatic carbocycles. The van der Waals surface area contributed by atoms with E-state index in [4.69, 9.17) is 15.9 Å². The molecule has 0 saturated heterocycles. The molecule has 0 heterocycles. The van der Waals surface area contributed by atoms with E-state index in [1.165, 1.54) is 13.8 Å². The summed E-state index contributed by atoms with van der Waals surface area (Å²) in [5.74, 6) is -3.61. The fraction of sp³-hybridized carbons (Fsp3) is 0.636. The van der Waals surface area contributed by atoms with Crippen LogP contribution in [0.15, 0.2) is 0 Å². The molecule has 0 aromatic heterocycles. The lowest BCUT2D eigenvalue weighted by Gasteiger charge is -2.18. The second-order valence-corrected chi connectivity index (χ2v) is 4.34. The number of hydrogen-bond donors (Lipinski definition) is 5. The topological polar surface area (TPSA) is 159 Å². The Kier molecular flexibility index (Phi) is 7.22. The van der Waals surface area contributed by atoms with E-state index in [9.17, 15) is 19.2 Å². The molecule has 9 heteroatoms. The van der Waals surface area contributed by atoms with Crippen LogP contribution in [0.3, 0.4) is 0 Å². The molecule has 0 aliphatic heterocycles. The van der Waals surface area contributed by atoms with Gasteiger partial charge < -0.3 is 26.6 Å². The van der Waals surface area contributed by atoms with Gasteiger partial charge in [-0.05, 0) is 20.3 Å². The number of carboxylic acid groups (broad SMARTS) is 2. The van der Waals surface area contributed by atoms with Gasteiger partial charge in [0.1, 0.15) is 12.1 Å². The molecule has 0 saturated carbocycles. The maximum Gasteiger partial charge on any atom is 0.325 e. The van der Waals surface area contributed by atoms with E-state index < -0.39 is 41.9 Å². The highest BCUT2D eigenvalue weighted by Gasteiger charge is 2.23. The van der Waals surface area contributed by atoms with Crippen molar-refractivity contribution in [1.82, 2.24) is 10.6 Å². The van der Waals surface area contributed by atoms with Crippen molar-refractivity contribution in [3.05, 3.63) is 0 Å². The number of carbonyl (C=O) groups excluding carboxylic acids is 2. The highest BCUT2D eigenvalue weighted by Crippen LogP contribution is 1.96. The van der Waals surface area contributed by atoms with Crippen LogP contribution in [0, 0.1) is 0 Å². The third kappa shape index (κ3) is 6.69. The van der Waals surface area contributed by atoms with Crippen molar-refractivity contribution >= 4 is 23.8 Å². The summed E-state index contributed by atoms with van der Waals surface area (Å²) in [6.45, 7) is 2.65. The summed E-state index contributed by atoms with van der Waals surface area (Å²) in [6.07, 6.45) is -0.313. The van der Waals surface area contributed by atoms with Gasteiger partial charge in [0.25, 0.3) is 0 Å². The summed E-state index contributed by atoms with van der Waals surface area (Å²) in [4.78, 5) is 44.0. The first-order valence-electron chi connectivity index (χ1n) is 5.96. The first-order valence-corrected chi connectivity index (χ1v) is 5.96. The molecule has 6 N–H and O–H groups in total. The monoisotopic (exact) mass is 289 g/mol. The minimum absolute atomic E-state index is 0.0545. The number of nitrogens with one attached hydrogen (secondary N) is 2. The molecule has 0 fully saturated rings. The summed E-state index contributed by atoms with van der Waals surface area (Å²) in [6, 6.07) is -3.10. The summed E-state index contributed by atoms with van der Waals surface area (Å²) in [7, 11) is 0. The lowest BCUT2D eigenvalue weighted by molar-refractivity contribution is -0.141. The van der Waals surface area contributed by atoms with Crippen LogP contribution in [-0.2, 0) is 19.2 Å². The van der Waals surface area contributed by atoms with Crippen molar-refractivity contribution in [2.45, 2.75) is 44.8 Å². The number of carbonyl (C=O) groups is 4. The van der Waals surface area contributed by atoms with Crippen LogP contribution in [0.5, 0.6) is 0 Å². The van der Waals surface area contributed by atoms with Gasteiger partial charge in [-0.15, -0.1) is 0 Å². The van der Waals surface area contributed by atoms with Gasteiger partial charge in [-0.1, -0.05) is 0 Å². The Hall–Kier alpha value is -2.16. The average Bonchev–Trinajstić information content (AvgIpc) is 2.35. The van der Waals surface area contributed by atoms with Crippen molar-refractivity contribution in [1.29, 1.82) is 0 Å². The number of amides is 2. The lowest BCUT2D eigenvalue weighted by Crippen LogP contribution is -2.52. The van der Waals surface area contributed by atoms with Gasteiger partial charge in [-0.25, -0.2) is 0 Å². The molecule has 0 aliphatic rings. The third-order valence-electron chi connectivity index (χ3n) is 2.49. The van der Waals surface area contributed by atoms with Crippen LogP contribution in [0.1, 0.15) is 26.7 Å². The van der Waals surface area contributed by atoms with Gasteiger partial charge >= 0.3 is 11.9 Å². The maximum absolute atomic E-state index is 11.6. The van der Waals surface area contributed by atoms with Crippen molar-refractivity contribution in [3.63, 3.8) is 0 Å². The fourth-order valence-electron chi connectivity index (χ4n) is 1.20. The predicted octanol–water partition coefficient (Wildman–Crippen LogP) is -1.73. The molecule has 3 atom stereocenters.